The Hall–Kier alpha value is -2.71. The van der Waals surface area contributed by atoms with Crippen molar-refractivity contribution in [1.29, 1.82) is 0 Å². The fourth-order valence-electron chi connectivity index (χ4n) is 1.92. The summed E-state index contributed by atoms with van der Waals surface area (Å²) in [6.07, 6.45) is 1.62. The number of rotatable bonds is 7. The van der Waals surface area contributed by atoms with E-state index in [2.05, 4.69) is 10.1 Å². The monoisotopic (exact) mass is 325 g/mol. The Morgan fingerprint density at radius 3 is 2.61 bits per heavy atom. The van der Waals surface area contributed by atoms with Crippen molar-refractivity contribution in [2.45, 2.75) is 32.9 Å². The standard InChI is InChI=1S/C14H19N3O6/c1-4-9(2)13(14(20)23-3)15-11(18)8-16-7-10(17(21)22)5-6-12(16)19/h5-7,9,13H,4,8H2,1-3H3,(H,15,18)/t9-,13+/m1/s1. The molecular weight excluding hydrogens is 306 g/mol. The maximum absolute atomic E-state index is 12.0. The van der Waals surface area contributed by atoms with Crippen molar-refractivity contribution in [3.8, 4) is 0 Å². The lowest BCUT2D eigenvalue weighted by Crippen LogP contribution is -2.47. The van der Waals surface area contributed by atoms with E-state index in [9.17, 15) is 24.5 Å². The number of carbonyl (C=O) groups excluding carboxylic acids is 2. The second-order valence-electron chi connectivity index (χ2n) is 5.06. The van der Waals surface area contributed by atoms with Gasteiger partial charge in [0.15, 0.2) is 0 Å². The van der Waals surface area contributed by atoms with Gasteiger partial charge in [0, 0.05) is 12.1 Å². The minimum absolute atomic E-state index is 0.159. The van der Waals surface area contributed by atoms with Crippen LogP contribution in [0.3, 0.4) is 0 Å². The minimum atomic E-state index is -0.841. The highest BCUT2D eigenvalue weighted by molar-refractivity contribution is 5.84. The number of amides is 1. The van der Waals surface area contributed by atoms with Gasteiger partial charge in [0.25, 0.3) is 11.2 Å². The Labute approximate surface area is 132 Å². The summed E-state index contributed by atoms with van der Waals surface area (Å²) in [5.41, 5.74) is -0.854. The Morgan fingerprint density at radius 1 is 1.43 bits per heavy atom. The first kappa shape index (κ1) is 18.3. The first-order valence-corrected chi connectivity index (χ1v) is 7.02. The molecule has 1 heterocycles. The molecule has 0 saturated carbocycles. The molecule has 0 fully saturated rings. The van der Waals surface area contributed by atoms with Gasteiger partial charge >= 0.3 is 5.97 Å². The highest BCUT2D eigenvalue weighted by Crippen LogP contribution is 2.10. The fourth-order valence-corrected chi connectivity index (χ4v) is 1.92. The van der Waals surface area contributed by atoms with Gasteiger partial charge < -0.3 is 10.1 Å². The zero-order valence-corrected chi connectivity index (χ0v) is 13.1. The Morgan fingerprint density at radius 2 is 2.09 bits per heavy atom. The van der Waals surface area contributed by atoms with Crippen LogP contribution in [0, 0.1) is 16.0 Å². The van der Waals surface area contributed by atoms with E-state index in [-0.39, 0.29) is 11.6 Å². The van der Waals surface area contributed by atoms with Gasteiger partial charge in [-0.2, -0.15) is 0 Å². The van der Waals surface area contributed by atoms with Gasteiger partial charge in [0.2, 0.25) is 5.91 Å². The predicted octanol–water partition coefficient (Wildman–Crippen LogP) is 0.460. The van der Waals surface area contributed by atoms with E-state index < -0.39 is 34.9 Å². The number of nitro groups is 1. The Bertz CT molecular complexity index is 654. The summed E-state index contributed by atoms with van der Waals surface area (Å²) in [5, 5.41) is 13.2. The fraction of sp³-hybridized carbons (Fsp3) is 0.500. The third-order valence-corrected chi connectivity index (χ3v) is 3.48. The summed E-state index contributed by atoms with van der Waals surface area (Å²) in [6.45, 7) is 3.21. The molecule has 1 aromatic heterocycles. The predicted molar refractivity (Wildman–Crippen MR) is 80.8 cm³/mol. The maximum Gasteiger partial charge on any atom is 0.328 e. The zero-order valence-electron chi connectivity index (χ0n) is 13.1. The molecule has 126 valence electrons. The minimum Gasteiger partial charge on any atom is -0.467 e. The van der Waals surface area contributed by atoms with E-state index >= 15 is 0 Å². The van der Waals surface area contributed by atoms with Crippen LogP contribution in [0.1, 0.15) is 20.3 Å². The quantitative estimate of drug-likeness (QED) is 0.442. The highest BCUT2D eigenvalue weighted by atomic mass is 16.6. The van der Waals surface area contributed by atoms with E-state index in [0.717, 1.165) is 22.9 Å². The molecule has 0 aliphatic carbocycles. The number of hydrogen-bond acceptors (Lipinski definition) is 6. The number of carbonyl (C=O) groups is 2. The summed E-state index contributed by atoms with van der Waals surface area (Å²) in [4.78, 5) is 45.5. The molecule has 0 unspecified atom stereocenters. The van der Waals surface area contributed by atoms with Crippen molar-refractivity contribution in [3.05, 3.63) is 38.8 Å². The van der Waals surface area contributed by atoms with Crippen molar-refractivity contribution in [2.24, 2.45) is 5.92 Å². The van der Waals surface area contributed by atoms with Gasteiger partial charge in [0.1, 0.15) is 12.6 Å². The lowest BCUT2D eigenvalue weighted by atomic mass is 9.99. The molecule has 0 aliphatic heterocycles. The Kier molecular flexibility index (Phi) is 6.43. The smallest absolute Gasteiger partial charge is 0.328 e. The van der Waals surface area contributed by atoms with Crippen LogP contribution in [0.15, 0.2) is 23.1 Å². The van der Waals surface area contributed by atoms with Crippen molar-refractivity contribution in [2.75, 3.05) is 7.11 Å². The first-order chi connectivity index (χ1) is 10.8. The lowest BCUT2D eigenvalue weighted by molar-refractivity contribution is -0.385. The molecule has 23 heavy (non-hydrogen) atoms. The summed E-state index contributed by atoms with van der Waals surface area (Å²) in [5.74, 6) is -1.35. The molecular formula is C14H19N3O6. The van der Waals surface area contributed by atoms with Crippen LogP contribution in [0.2, 0.25) is 0 Å². The molecule has 0 aliphatic rings. The van der Waals surface area contributed by atoms with Crippen LogP contribution in [0.4, 0.5) is 5.69 Å². The first-order valence-electron chi connectivity index (χ1n) is 7.02. The highest BCUT2D eigenvalue weighted by Gasteiger charge is 2.26. The van der Waals surface area contributed by atoms with Crippen molar-refractivity contribution < 1.29 is 19.2 Å². The number of aromatic nitrogens is 1. The van der Waals surface area contributed by atoms with E-state index in [1.54, 1.807) is 6.92 Å². The van der Waals surface area contributed by atoms with Gasteiger partial charge in [-0.25, -0.2) is 4.79 Å². The number of methoxy groups -OCH3 is 1. The van der Waals surface area contributed by atoms with E-state index in [1.807, 2.05) is 6.92 Å². The summed E-state index contributed by atoms with van der Waals surface area (Å²) >= 11 is 0. The molecule has 0 saturated heterocycles. The van der Waals surface area contributed by atoms with Gasteiger partial charge in [-0.15, -0.1) is 0 Å². The molecule has 9 nitrogen and oxygen atoms in total. The number of pyridine rings is 1. The molecule has 1 rings (SSSR count). The molecule has 0 bridgehead atoms. The second-order valence-corrected chi connectivity index (χ2v) is 5.06. The normalized spacial score (nSPS) is 13.0. The number of nitrogens with zero attached hydrogens (tertiary/aromatic N) is 2. The van der Waals surface area contributed by atoms with Crippen LogP contribution >= 0.6 is 0 Å². The number of ether oxygens (including phenoxy) is 1. The average Bonchev–Trinajstić information content (AvgIpc) is 2.52. The van der Waals surface area contributed by atoms with Crippen LogP contribution < -0.4 is 10.9 Å². The number of esters is 1. The van der Waals surface area contributed by atoms with Gasteiger partial charge in [-0.3, -0.25) is 24.3 Å². The maximum atomic E-state index is 12.0. The number of nitrogens with one attached hydrogen (secondary N) is 1. The summed E-state index contributed by atoms with van der Waals surface area (Å²) in [7, 11) is 1.22. The average molecular weight is 325 g/mol. The lowest BCUT2D eigenvalue weighted by Gasteiger charge is -2.21. The molecule has 9 heteroatoms. The van der Waals surface area contributed by atoms with Crippen LogP contribution in [0.5, 0.6) is 0 Å². The van der Waals surface area contributed by atoms with Crippen molar-refractivity contribution in [3.63, 3.8) is 0 Å². The zero-order chi connectivity index (χ0) is 17.6. The molecule has 2 atom stereocenters. The topological polar surface area (TPSA) is 121 Å². The van der Waals surface area contributed by atoms with Crippen molar-refractivity contribution in [1.82, 2.24) is 9.88 Å². The molecule has 0 radical (unpaired) electrons. The third kappa shape index (κ3) is 4.90. The Balaban J connectivity index is 2.90. The van der Waals surface area contributed by atoms with Gasteiger partial charge in [0.05, 0.1) is 18.2 Å². The van der Waals surface area contributed by atoms with Crippen LogP contribution in [-0.4, -0.2) is 34.5 Å². The number of hydrogen-bond donors (Lipinski definition) is 1. The third-order valence-electron chi connectivity index (χ3n) is 3.48. The van der Waals surface area contributed by atoms with E-state index in [1.165, 1.54) is 7.11 Å². The molecule has 1 N–H and O–H groups in total. The second kappa shape index (κ2) is 8.06. The van der Waals surface area contributed by atoms with Gasteiger partial charge in [-0.1, -0.05) is 20.3 Å². The van der Waals surface area contributed by atoms with Crippen molar-refractivity contribution >= 4 is 17.6 Å². The van der Waals surface area contributed by atoms with E-state index in [0.29, 0.717) is 6.42 Å². The molecule has 1 amide bonds. The molecule has 0 aromatic carbocycles. The van der Waals surface area contributed by atoms with E-state index in [4.69, 9.17) is 0 Å². The van der Waals surface area contributed by atoms with Crippen LogP contribution in [0.25, 0.3) is 0 Å². The van der Waals surface area contributed by atoms with Crippen LogP contribution in [-0.2, 0) is 20.9 Å². The largest absolute Gasteiger partial charge is 0.467 e. The molecule has 1 aromatic rings. The summed E-state index contributed by atoms with van der Waals surface area (Å²) < 4.78 is 5.56. The molecule has 0 spiro atoms. The van der Waals surface area contributed by atoms with Gasteiger partial charge in [-0.05, 0) is 5.92 Å². The summed E-state index contributed by atoms with van der Waals surface area (Å²) in [6, 6.07) is 1.23. The SMILES string of the molecule is CC[C@@H](C)[C@H](NC(=O)Cn1cc([N+](=O)[O-])ccc1=O)C(=O)OC.